The topological polar surface area (TPSA) is 55.8 Å². The van der Waals surface area contributed by atoms with Crippen LogP contribution in [0, 0.1) is 12.8 Å². The summed E-state index contributed by atoms with van der Waals surface area (Å²) in [7, 11) is 1.39. The van der Waals surface area contributed by atoms with Crippen molar-refractivity contribution in [1.82, 2.24) is 4.90 Å². The van der Waals surface area contributed by atoms with Crippen LogP contribution in [0.4, 0.5) is 4.79 Å². The van der Waals surface area contributed by atoms with E-state index in [0.29, 0.717) is 11.5 Å². The highest BCUT2D eigenvalue weighted by molar-refractivity contribution is 5.89. The van der Waals surface area contributed by atoms with Crippen molar-refractivity contribution >= 4 is 12.1 Å². The van der Waals surface area contributed by atoms with E-state index in [9.17, 15) is 9.59 Å². The average Bonchev–Trinajstić information content (AvgIpc) is 3.45. The molecule has 0 aliphatic heterocycles. The van der Waals surface area contributed by atoms with E-state index in [1.165, 1.54) is 20.0 Å². The summed E-state index contributed by atoms with van der Waals surface area (Å²) >= 11 is 0. The maximum atomic E-state index is 12.7. The molecular weight excluding hydrogens is 330 g/mol. The summed E-state index contributed by atoms with van der Waals surface area (Å²) in [5.74, 6) is 0.530. The Labute approximate surface area is 155 Å². The number of carbonyl (C=O) groups excluding carboxylic acids is 2. The van der Waals surface area contributed by atoms with Gasteiger partial charge in [-0.25, -0.2) is 9.59 Å². The van der Waals surface area contributed by atoms with Crippen LogP contribution in [-0.4, -0.2) is 42.3 Å². The highest BCUT2D eigenvalue weighted by atomic mass is 16.6. The van der Waals surface area contributed by atoms with Crippen LogP contribution in [0.3, 0.4) is 0 Å². The van der Waals surface area contributed by atoms with Gasteiger partial charge < -0.3 is 14.4 Å². The van der Waals surface area contributed by atoms with Gasteiger partial charge in [0.15, 0.2) is 0 Å². The van der Waals surface area contributed by atoms with Gasteiger partial charge in [-0.2, -0.15) is 0 Å². The first-order valence-corrected chi connectivity index (χ1v) is 9.38. The lowest BCUT2D eigenvalue weighted by Crippen LogP contribution is -2.40. The number of hydrogen-bond acceptors (Lipinski definition) is 4. The minimum atomic E-state index is -0.496. The van der Waals surface area contributed by atoms with Gasteiger partial charge in [-0.15, -0.1) is 0 Å². The number of rotatable bonds is 5. The Morgan fingerprint density at radius 2 is 1.92 bits per heavy atom. The van der Waals surface area contributed by atoms with Gasteiger partial charge in [0, 0.05) is 18.5 Å². The molecule has 0 saturated heterocycles. The Morgan fingerprint density at radius 3 is 2.50 bits per heavy atom. The monoisotopic (exact) mass is 359 g/mol. The molecule has 142 valence electrons. The van der Waals surface area contributed by atoms with Gasteiger partial charge in [-0.05, 0) is 76.1 Å². The number of amides is 1. The maximum absolute atomic E-state index is 12.7. The van der Waals surface area contributed by atoms with Crippen molar-refractivity contribution in [3.05, 3.63) is 34.9 Å². The molecule has 0 bridgehead atoms. The first kappa shape index (κ1) is 18.7. The van der Waals surface area contributed by atoms with Gasteiger partial charge >= 0.3 is 12.1 Å². The predicted octanol–water partition coefficient (Wildman–Crippen LogP) is 4.28. The van der Waals surface area contributed by atoms with E-state index in [1.54, 1.807) is 6.07 Å². The minimum absolute atomic E-state index is 0.150. The number of nitrogens with zero attached hydrogens (tertiary/aromatic N) is 1. The fraction of sp³-hybridized carbons (Fsp3) is 0.619. The summed E-state index contributed by atoms with van der Waals surface area (Å²) < 4.78 is 10.5. The van der Waals surface area contributed by atoms with Gasteiger partial charge in [0.1, 0.15) is 5.60 Å². The first-order chi connectivity index (χ1) is 12.2. The summed E-state index contributed by atoms with van der Waals surface area (Å²) in [4.78, 5) is 26.5. The molecule has 3 rings (SSSR count). The molecular formula is C21H29NO4. The van der Waals surface area contributed by atoms with Crippen molar-refractivity contribution in [2.75, 3.05) is 13.7 Å². The first-order valence-electron chi connectivity index (χ1n) is 9.38. The quantitative estimate of drug-likeness (QED) is 0.736. The molecule has 5 nitrogen and oxygen atoms in total. The second-order valence-electron chi connectivity index (χ2n) is 8.55. The number of aryl methyl sites for hydroxylation is 1. The van der Waals surface area contributed by atoms with Crippen LogP contribution in [0.25, 0.3) is 0 Å². The molecule has 2 saturated carbocycles. The van der Waals surface area contributed by atoms with Crippen LogP contribution < -0.4 is 0 Å². The third-order valence-electron chi connectivity index (χ3n) is 5.04. The standard InChI is InChI=1S/C21H29NO4/c1-13-6-9-15(19(23)25-5)10-16(13)17-11-18(17)22(12-14-7-8-14)20(24)26-21(2,3)4/h6,9-10,14,17-18H,7-8,11-12H2,1-5H3/t17-,18+/m0/s1. The number of carbonyl (C=O) groups is 2. The minimum Gasteiger partial charge on any atom is -0.465 e. The predicted molar refractivity (Wildman–Crippen MR) is 99.3 cm³/mol. The molecule has 0 spiro atoms. The molecule has 0 radical (unpaired) electrons. The molecule has 1 aromatic rings. The van der Waals surface area contributed by atoms with Gasteiger partial charge in [0.25, 0.3) is 0 Å². The van der Waals surface area contributed by atoms with Gasteiger partial charge in [0.2, 0.25) is 0 Å². The van der Waals surface area contributed by atoms with E-state index >= 15 is 0 Å². The SMILES string of the molecule is COC(=O)c1ccc(C)c([C@@H]2C[C@H]2N(CC2CC2)C(=O)OC(C)(C)C)c1. The lowest BCUT2D eigenvalue weighted by molar-refractivity contribution is 0.0220. The Morgan fingerprint density at radius 1 is 1.23 bits per heavy atom. The Bertz CT molecular complexity index is 702. The van der Waals surface area contributed by atoms with Crippen molar-refractivity contribution in [1.29, 1.82) is 0 Å². The normalized spacial score (nSPS) is 21.9. The molecule has 2 atom stereocenters. The second-order valence-corrected chi connectivity index (χ2v) is 8.55. The summed E-state index contributed by atoms with van der Waals surface area (Å²) in [6.45, 7) is 8.51. The summed E-state index contributed by atoms with van der Waals surface area (Å²) in [6.07, 6.45) is 3.07. The molecule has 5 heteroatoms. The lowest BCUT2D eigenvalue weighted by atomic mass is 10.0. The van der Waals surface area contributed by atoms with Crippen LogP contribution in [0.15, 0.2) is 18.2 Å². The number of benzene rings is 1. The highest BCUT2D eigenvalue weighted by Gasteiger charge is 2.48. The number of esters is 1. The number of methoxy groups -OCH3 is 1. The Balaban J connectivity index is 1.77. The van der Waals surface area contributed by atoms with Crippen LogP contribution in [0.2, 0.25) is 0 Å². The zero-order valence-corrected chi connectivity index (χ0v) is 16.4. The van der Waals surface area contributed by atoms with E-state index in [-0.39, 0.29) is 24.0 Å². The van der Waals surface area contributed by atoms with Crippen molar-refractivity contribution in [3.8, 4) is 0 Å². The molecule has 1 aromatic carbocycles. The molecule has 2 aliphatic rings. The average molecular weight is 359 g/mol. The zero-order valence-electron chi connectivity index (χ0n) is 16.4. The molecule has 2 aliphatic carbocycles. The summed E-state index contributed by atoms with van der Waals surface area (Å²) in [5.41, 5.74) is 2.33. The van der Waals surface area contributed by atoms with Crippen LogP contribution in [0.5, 0.6) is 0 Å². The smallest absolute Gasteiger partial charge is 0.410 e. The van der Waals surface area contributed by atoms with E-state index < -0.39 is 5.60 Å². The fourth-order valence-electron chi connectivity index (χ4n) is 3.39. The third-order valence-corrected chi connectivity index (χ3v) is 5.04. The Hall–Kier alpha value is -2.04. The number of hydrogen-bond donors (Lipinski definition) is 0. The summed E-state index contributed by atoms with van der Waals surface area (Å²) in [6, 6.07) is 5.81. The van der Waals surface area contributed by atoms with Crippen LogP contribution in [-0.2, 0) is 9.47 Å². The highest BCUT2D eigenvalue weighted by Crippen LogP contribution is 2.47. The molecule has 0 heterocycles. The van der Waals surface area contributed by atoms with Crippen molar-refractivity contribution in [3.63, 3.8) is 0 Å². The molecule has 1 amide bonds. The molecule has 26 heavy (non-hydrogen) atoms. The summed E-state index contributed by atoms with van der Waals surface area (Å²) in [5, 5.41) is 0. The van der Waals surface area contributed by atoms with Crippen molar-refractivity contribution < 1.29 is 19.1 Å². The molecule has 0 unspecified atom stereocenters. The van der Waals surface area contributed by atoms with E-state index in [4.69, 9.17) is 9.47 Å². The van der Waals surface area contributed by atoms with Crippen molar-refractivity contribution in [2.24, 2.45) is 5.92 Å². The zero-order chi connectivity index (χ0) is 19.1. The van der Waals surface area contributed by atoms with Gasteiger partial charge in [0.05, 0.1) is 12.7 Å². The molecule has 0 N–H and O–H groups in total. The Kier molecular flexibility index (Phi) is 5.00. The van der Waals surface area contributed by atoms with Crippen LogP contribution in [0.1, 0.15) is 67.4 Å². The van der Waals surface area contributed by atoms with E-state index in [1.807, 2.05) is 44.7 Å². The number of ether oxygens (including phenoxy) is 2. The van der Waals surface area contributed by atoms with E-state index in [2.05, 4.69) is 0 Å². The van der Waals surface area contributed by atoms with Gasteiger partial charge in [-0.3, -0.25) is 0 Å². The molecule has 2 fully saturated rings. The maximum Gasteiger partial charge on any atom is 0.410 e. The molecule has 0 aromatic heterocycles. The van der Waals surface area contributed by atoms with Gasteiger partial charge in [-0.1, -0.05) is 6.07 Å². The van der Waals surface area contributed by atoms with E-state index in [0.717, 1.165) is 24.1 Å². The largest absolute Gasteiger partial charge is 0.465 e. The van der Waals surface area contributed by atoms with Crippen molar-refractivity contribution in [2.45, 2.75) is 64.5 Å². The fourth-order valence-corrected chi connectivity index (χ4v) is 3.39. The second kappa shape index (κ2) is 6.93. The van der Waals surface area contributed by atoms with Crippen LogP contribution >= 0.6 is 0 Å². The third kappa shape index (κ3) is 4.37. The lowest BCUT2D eigenvalue weighted by Gasteiger charge is -2.28.